The van der Waals surface area contributed by atoms with E-state index in [1.54, 1.807) is 0 Å². The lowest BCUT2D eigenvalue weighted by atomic mass is 10.2. The van der Waals surface area contributed by atoms with Crippen LogP contribution >= 0.6 is 0 Å². The van der Waals surface area contributed by atoms with E-state index < -0.39 is 23.7 Å². The monoisotopic (exact) mass is 226 g/mol. The number of carboxylic acids is 1. The number of nitrogens with two attached hydrogens (primary N) is 1. The van der Waals surface area contributed by atoms with Gasteiger partial charge in [0.15, 0.2) is 0 Å². The summed E-state index contributed by atoms with van der Waals surface area (Å²) in [7, 11) is 0. The number of nitrogens with one attached hydrogen (secondary N) is 1. The molecule has 0 fully saturated rings. The molecule has 0 aliphatic carbocycles. The Kier molecular flexibility index (Phi) is 3.57. The number of aromatic carboxylic acids is 1. The Balaban J connectivity index is 2.91. The molecule has 1 aromatic carbocycles. The van der Waals surface area contributed by atoms with Crippen LogP contribution in [0.5, 0.6) is 0 Å². The smallest absolute Gasteiger partial charge is 0.335 e. The summed E-state index contributed by atoms with van der Waals surface area (Å²) in [6.07, 6.45) is 0. The number of rotatable bonds is 3. The highest BCUT2D eigenvalue weighted by molar-refractivity contribution is 5.95. The zero-order chi connectivity index (χ0) is 12.3. The van der Waals surface area contributed by atoms with Crippen LogP contribution in [-0.4, -0.2) is 23.0 Å². The van der Waals surface area contributed by atoms with Crippen molar-refractivity contribution >= 4 is 17.6 Å². The van der Waals surface area contributed by atoms with Crippen LogP contribution in [0.4, 0.5) is 10.1 Å². The first-order valence-corrected chi connectivity index (χ1v) is 4.51. The molecule has 0 unspecified atom stereocenters. The molecule has 1 aromatic rings. The lowest BCUT2D eigenvalue weighted by Gasteiger charge is -2.08. The van der Waals surface area contributed by atoms with E-state index in [-0.39, 0.29) is 11.3 Å². The normalized spacial score (nSPS) is 11.9. The fourth-order valence-electron chi connectivity index (χ4n) is 0.996. The highest BCUT2D eigenvalue weighted by atomic mass is 19.1. The number of benzene rings is 1. The average Bonchev–Trinajstić information content (AvgIpc) is 2.20. The van der Waals surface area contributed by atoms with Gasteiger partial charge in [-0.05, 0) is 25.1 Å². The maximum absolute atomic E-state index is 13.3. The summed E-state index contributed by atoms with van der Waals surface area (Å²) in [5.41, 5.74) is 5.01. The van der Waals surface area contributed by atoms with Crippen molar-refractivity contribution in [1.29, 1.82) is 0 Å². The minimum Gasteiger partial charge on any atom is -0.478 e. The third-order valence-corrected chi connectivity index (χ3v) is 1.89. The number of hydrogen-bond acceptors (Lipinski definition) is 3. The van der Waals surface area contributed by atoms with Crippen molar-refractivity contribution in [3.8, 4) is 0 Å². The van der Waals surface area contributed by atoms with Gasteiger partial charge in [-0.15, -0.1) is 0 Å². The number of amides is 1. The predicted molar refractivity (Wildman–Crippen MR) is 55.6 cm³/mol. The Hall–Kier alpha value is -1.95. The van der Waals surface area contributed by atoms with Gasteiger partial charge in [-0.25, -0.2) is 9.18 Å². The zero-order valence-electron chi connectivity index (χ0n) is 8.53. The van der Waals surface area contributed by atoms with Gasteiger partial charge in [0.2, 0.25) is 5.91 Å². The molecule has 0 aromatic heterocycles. The molecule has 5 nitrogen and oxygen atoms in total. The SMILES string of the molecule is C[C@@H](N)C(=O)Nc1ccc(C(=O)O)cc1F. The van der Waals surface area contributed by atoms with Crippen molar-refractivity contribution in [1.82, 2.24) is 0 Å². The molecular formula is C10H11FN2O3. The summed E-state index contributed by atoms with van der Waals surface area (Å²) >= 11 is 0. The van der Waals surface area contributed by atoms with Gasteiger partial charge < -0.3 is 16.2 Å². The molecule has 0 aliphatic rings. The van der Waals surface area contributed by atoms with Crippen LogP contribution < -0.4 is 11.1 Å². The van der Waals surface area contributed by atoms with Crippen molar-refractivity contribution in [3.63, 3.8) is 0 Å². The molecule has 0 saturated heterocycles. The predicted octanol–water partition coefficient (Wildman–Crippen LogP) is 0.810. The first-order valence-electron chi connectivity index (χ1n) is 4.51. The molecule has 0 radical (unpaired) electrons. The molecule has 16 heavy (non-hydrogen) atoms. The minimum atomic E-state index is -1.23. The van der Waals surface area contributed by atoms with E-state index in [1.807, 2.05) is 0 Å². The molecule has 0 bridgehead atoms. The van der Waals surface area contributed by atoms with Crippen LogP contribution in [0.2, 0.25) is 0 Å². The van der Waals surface area contributed by atoms with Crippen molar-refractivity contribution in [2.45, 2.75) is 13.0 Å². The number of carboxylic acid groups (broad SMARTS) is 1. The quantitative estimate of drug-likeness (QED) is 0.711. The number of carbonyl (C=O) groups is 2. The Morgan fingerprint density at radius 1 is 1.50 bits per heavy atom. The topological polar surface area (TPSA) is 92.4 Å². The summed E-state index contributed by atoms with van der Waals surface area (Å²) in [5, 5.41) is 10.8. The van der Waals surface area contributed by atoms with Gasteiger partial charge in [-0.1, -0.05) is 0 Å². The third kappa shape index (κ3) is 2.77. The van der Waals surface area contributed by atoms with Crippen LogP contribution in [0.1, 0.15) is 17.3 Å². The minimum absolute atomic E-state index is 0.0905. The van der Waals surface area contributed by atoms with Crippen LogP contribution in [0.25, 0.3) is 0 Å². The maximum Gasteiger partial charge on any atom is 0.335 e. The summed E-state index contributed by atoms with van der Waals surface area (Å²) in [4.78, 5) is 21.7. The van der Waals surface area contributed by atoms with Gasteiger partial charge in [-0.3, -0.25) is 4.79 Å². The molecule has 86 valence electrons. The van der Waals surface area contributed by atoms with Gasteiger partial charge in [0, 0.05) is 0 Å². The Labute approximate surface area is 91.1 Å². The third-order valence-electron chi connectivity index (χ3n) is 1.89. The first-order chi connectivity index (χ1) is 7.41. The van der Waals surface area contributed by atoms with Gasteiger partial charge in [0.1, 0.15) is 5.82 Å². The Morgan fingerprint density at radius 3 is 2.56 bits per heavy atom. The van der Waals surface area contributed by atoms with E-state index >= 15 is 0 Å². The fraction of sp³-hybridized carbons (Fsp3) is 0.200. The largest absolute Gasteiger partial charge is 0.478 e. The highest BCUT2D eigenvalue weighted by Crippen LogP contribution is 2.15. The second-order valence-corrected chi connectivity index (χ2v) is 3.28. The van der Waals surface area contributed by atoms with Crippen molar-refractivity contribution < 1.29 is 19.1 Å². The number of hydrogen-bond donors (Lipinski definition) is 3. The molecule has 1 rings (SSSR count). The van der Waals surface area contributed by atoms with E-state index in [0.29, 0.717) is 0 Å². The Morgan fingerprint density at radius 2 is 2.12 bits per heavy atom. The molecule has 4 N–H and O–H groups in total. The van der Waals surface area contributed by atoms with Crippen molar-refractivity contribution in [2.75, 3.05) is 5.32 Å². The lowest BCUT2D eigenvalue weighted by molar-refractivity contribution is -0.117. The molecule has 0 aliphatic heterocycles. The van der Waals surface area contributed by atoms with Crippen molar-refractivity contribution in [3.05, 3.63) is 29.6 Å². The molecule has 0 saturated carbocycles. The second kappa shape index (κ2) is 4.71. The summed E-state index contributed by atoms with van der Waals surface area (Å²) in [6.45, 7) is 1.46. The van der Waals surface area contributed by atoms with E-state index in [4.69, 9.17) is 10.8 Å². The maximum atomic E-state index is 13.3. The van der Waals surface area contributed by atoms with Gasteiger partial charge >= 0.3 is 5.97 Å². The van der Waals surface area contributed by atoms with Gasteiger partial charge in [-0.2, -0.15) is 0 Å². The van der Waals surface area contributed by atoms with Gasteiger partial charge in [0.25, 0.3) is 0 Å². The van der Waals surface area contributed by atoms with E-state index in [0.717, 1.165) is 6.07 Å². The summed E-state index contributed by atoms with van der Waals surface area (Å²) in [5.74, 6) is -2.58. The van der Waals surface area contributed by atoms with E-state index in [9.17, 15) is 14.0 Å². The van der Waals surface area contributed by atoms with E-state index in [1.165, 1.54) is 19.1 Å². The summed E-state index contributed by atoms with van der Waals surface area (Å²) in [6, 6.07) is 2.44. The molecule has 6 heteroatoms. The molecule has 1 amide bonds. The fourth-order valence-corrected chi connectivity index (χ4v) is 0.996. The Bertz CT molecular complexity index is 432. The summed E-state index contributed by atoms with van der Waals surface area (Å²) < 4.78 is 13.3. The zero-order valence-corrected chi connectivity index (χ0v) is 8.53. The van der Waals surface area contributed by atoms with Crippen LogP contribution in [-0.2, 0) is 4.79 Å². The van der Waals surface area contributed by atoms with Gasteiger partial charge in [0.05, 0.1) is 17.3 Å². The molecule has 0 heterocycles. The van der Waals surface area contributed by atoms with Crippen LogP contribution in [0.15, 0.2) is 18.2 Å². The molecule has 0 spiro atoms. The highest BCUT2D eigenvalue weighted by Gasteiger charge is 2.12. The van der Waals surface area contributed by atoms with E-state index in [2.05, 4.69) is 5.32 Å². The number of anilines is 1. The lowest BCUT2D eigenvalue weighted by Crippen LogP contribution is -2.32. The molecule has 1 atom stereocenters. The van der Waals surface area contributed by atoms with Crippen molar-refractivity contribution in [2.24, 2.45) is 5.73 Å². The first kappa shape index (κ1) is 12.1. The number of halogens is 1. The van der Waals surface area contributed by atoms with Crippen LogP contribution in [0.3, 0.4) is 0 Å². The average molecular weight is 226 g/mol. The number of carbonyl (C=O) groups excluding carboxylic acids is 1. The van der Waals surface area contributed by atoms with Crippen LogP contribution in [0, 0.1) is 5.82 Å². The standard InChI is InChI=1S/C10H11FN2O3/c1-5(12)9(14)13-8-3-2-6(10(15)16)4-7(8)11/h2-5H,12H2,1H3,(H,13,14)(H,15,16)/t5-/m1/s1. The second-order valence-electron chi connectivity index (χ2n) is 3.28. The molecular weight excluding hydrogens is 215 g/mol.